The van der Waals surface area contributed by atoms with Gasteiger partial charge in [0, 0.05) is 4.88 Å². The molecule has 7 nitrogen and oxygen atoms in total. The lowest BCUT2D eigenvalue weighted by Crippen LogP contribution is -2.33. The summed E-state index contributed by atoms with van der Waals surface area (Å²) < 4.78 is 6.84. The van der Waals surface area contributed by atoms with Gasteiger partial charge in [0.05, 0.1) is 24.7 Å². The van der Waals surface area contributed by atoms with Crippen LogP contribution in [0.1, 0.15) is 29.1 Å². The summed E-state index contributed by atoms with van der Waals surface area (Å²) in [4.78, 5) is 35.2. The summed E-state index contributed by atoms with van der Waals surface area (Å²) in [6, 6.07) is 7.23. The number of fused-ring (bicyclic) bond motifs is 1. The Bertz CT molecular complexity index is 1150. The highest BCUT2D eigenvalue weighted by Gasteiger charge is 2.21. The fourth-order valence-electron chi connectivity index (χ4n) is 3.88. The molecule has 0 saturated carbocycles. The third kappa shape index (κ3) is 3.97. The van der Waals surface area contributed by atoms with Crippen LogP contribution in [0.25, 0.3) is 10.2 Å². The molecular formula is C22H26N4O3S. The molecule has 1 N–H and O–H groups in total. The number of thiophene rings is 1. The van der Waals surface area contributed by atoms with Crippen LogP contribution >= 0.6 is 11.3 Å². The number of para-hydroxylation sites is 2. The first kappa shape index (κ1) is 20.6. The van der Waals surface area contributed by atoms with Crippen LogP contribution in [-0.4, -0.2) is 40.6 Å². The molecule has 1 aliphatic rings. The van der Waals surface area contributed by atoms with E-state index in [4.69, 9.17) is 9.72 Å². The van der Waals surface area contributed by atoms with Crippen molar-refractivity contribution in [3.05, 3.63) is 50.9 Å². The first-order valence-corrected chi connectivity index (χ1v) is 10.9. The van der Waals surface area contributed by atoms with Gasteiger partial charge in [0.1, 0.15) is 22.9 Å². The number of anilines is 1. The average Bonchev–Trinajstić information content (AvgIpc) is 3.33. The number of methoxy groups -OCH3 is 1. The van der Waals surface area contributed by atoms with Crippen molar-refractivity contribution in [2.24, 2.45) is 0 Å². The van der Waals surface area contributed by atoms with Crippen LogP contribution in [0.3, 0.4) is 0 Å². The van der Waals surface area contributed by atoms with Gasteiger partial charge < -0.3 is 10.1 Å². The SMILES string of the molecule is COc1ccccc1NC(=O)Cn1c(CN2CCCC2)nc2sc(C)c(C)c2c1=O. The van der Waals surface area contributed by atoms with E-state index in [1.165, 1.54) is 4.57 Å². The summed E-state index contributed by atoms with van der Waals surface area (Å²) in [7, 11) is 1.56. The number of aromatic nitrogens is 2. The van der Waals surface area contributed by atoms with Crippen molar-refractivity contribution in [2.75, 3.05) is 25.5 Å². The van der Waals surface area contributed by atoms with E-state index in [1.807, 2.05) is 26.0 Å². The van der Waals surface area contributed by atoms with Gasteiger partial charge in [-0.2, -0.15) is 0 Å². The van der Waals surface area contributed by atoms with Gasteiger partial charge in [-0.1, -0.05) is 12.1 Å². The summed E-state index contributed by atoms with van der Waals surface area (Å²) in [6.45, 7) is 6.41. The van der Waals surface area contributed by atoms with E-state index in [1.54, 1.807) is 30.6 Å². The summed E-state index contributed by atoms with van der Waals surface area (Å²) in [5.74, 6) is 0.939. The van der Waals surface area contributed by atoms with Crippen molar-refractivity contribution < 1.29 is 9.53 Å². The van der Waals surface area contributed by atoms with Gasteiger partial charge in [0.25, 0.3) is 5.56 Å². The molecule has 1 aromatic carbocycles. The molecule has 0 unspecified atom stereocenters. The van der Waals surface area contributed by atoms with Crippen LogP contribution < -0.4 is 15.6 Å². The fraction of sp³-hybridized carbons (Fsp3) is 0.409. The Morgan fingerprint density at radius 2 is 1.97 bits per heavy atom. The molecular weight excluding hydrogens is 400 g/mol. The first-order chi connectivity index (χ1) is 14.5. The molecule has 1 fully saturated rings. The van der Waals surface area contributed by atoms with Gasteiger partial charge in [-0.3, -0.25) is 19.1 Å². The number of amides is 1. The third-order valence-electron chi connectivity index (χ3n) is 5.61. The maximum atomic E-state index is 13.4. The maximum Gasteiger partial charge on any atom is 0.263 e. The Kier molecular flexibility index (Phi) is 5.87. The molecule has 3 aromatic rings. The third-order valence-corrected chi connectivity index (χ3v) is 6.72. The van der Waals surface area contributed by atoms with Gasteiger partial charge in [-0.25, -0.2) is 4.98 Å². The van der Waals surface area contributed by atoms with Crippen LogP contribution in [0.2, 0.25) is 0 Å². The minimum atomic E-state index is -0.282. The highest BCUT2D eigenvalue weighted by atomic mass is 32.1. The van der Waals surface area contributed by atoms with Crippen molar-refractivity contribution >= 4 is 33.1 Å². The van der Waals surface area contributed by atoms with Crippen LogP contribution in [0, 0.1) is 13.8 Å². The van der Waals surface area contributed by atoms with Crippen molar-refractivity contribution in [3.63, 3.8) is 0 Å². The molecule has 30 heavy (non-hydrogen) atoms. The van der Waals surface area contributed by atoms with E-state index in [0.717, 1.165) is 41.2 Å². The second-order valence-electron chi connectivity index (χ2n) is 7.61. The van der Waals surface area contributed by atoms with E-state index in [9.17, 15) is 9.59 Å². The maximum absolute atomic E-state index is 13.4. The predicted molar refractivity (Wildman–Crippen MR) is 119 cm³/mol. The Labute approximate surface area is 179 Å². The second kappa shape index (κ2) is 8.57. The molecule has 0 atom stereocenters. The fourth-order valence-corrected chi connectivity index (χ4v) is 4.91. The summed E-state index contributed by atoms with van der Waals surface area (Å²) in [5.41, 5.74) is 1.38. The lowest BCUT2D eigenvalue weighted by Gasteiger charge is -2.18. The number of hydrogen-bond acceptors (Lipinski definition) is 6. The first-order valence-electron chi connectivity index (χ1n) is 10.1. The number of nitrogens with one attached hydrogen (secondary N) is 1. The number of rotatable bonds is 6. The number of ether oxygens (including phenoxy) is 1. The molecule has 8 heteroatoms. The topological polar surface area (TPSA) is 76.5 Å². The lowest BCUT2D eigenvalue weighted by atomic mass is 10.2. The van der Waals surface area contributed by atoms with E-state index in [0.29, 0.717) is 29.2 Å². The van der Waals surface area contributed by atoms with Crippen molar-refractivity contribution in [2.45, 2.75) is 39.8 Å². The van der Waals surface area contributed by atoms with Crippen molar-refractivity contribution in [3.8, 4) is 5.75 Å². The zero-order valence-electron chi connectivity index (χ0n) is 17.5. The number of likely N-dealkylation sites (tertiary alicyclic amines) is 1. The molecule has 158 valence electrons. The number of carbonyl (C=O) groups excluding carboxylic acids is 1. The van der Waals surface area contributed by atoms with Crippen LogP contribution in [0.15, 0.2) is 29.1 Å². The van der Waals surface area contributed by atoms with Gasteiger partial charge in [0.2, 0.25) is 5.91 Å². The van der Waals surface area contributed by atoms with Gasteiger partial charge >= 0.3 is 0 Å². The monoisotopic (exact) mass is 426 g/mol. The van der Waals surface area contributed by atoms with Crippen molar-refractivity contribution in [1.29, 1.82) is 0 Å². The zero-order chi connectivity index (χ0) is 21.3. The highest BCUT2D eigenvalue weighted by molar-refractivity contribution is 7.18. The molecule has 0 spiro atoms. The number of benzene rings is 1. The van der Waals surface area contributed by atoms with E-state index in [2.05, 4.69) is 10.2 Å². The van der Waals surface area contributed by atoms with Crippen LogP contribution in [0.5, 0.6) is 5.75 Å². The molecule has 0 aliphatic carbocycles. The minimum absolute atomic E-state index is 0.0860. The number of hydrogen-bond donors (Lipinski definition) is 1. The van der Waals surface area contributed by atoms with E-state index in [-0.39, 0.29) is 18.0 Å². The van der Waals surface area contributed by atoms with E-state index >= 15 is 0 Å². The Morgan fingerprint density at radius 3 is 2.70 bits per heavy atom. The molecule has 1 amide bonds. The molecule has 0 radical (unpaired) electrons. The average molecular weight is 427 g/mol. The molecule has 3 heterocycles. The van der Waals surface area contributed by atoms with Gasteiger partial charge in [-0.15, -0.1) is 11.3 Å². The number of carbonyl (C=O) groups is 1. The summed E-state index contributed by atoms with van der Waals surface area (Å²) in [5, 5.41) is 3.48. The second-order valence-corrected chi connectivity index (χ2v) is 8.82. The number of aryl methyl sites for hydroxylation is 2. The van der Waals surface area contributed by atoms with Gasteiger partial charge in [0.15, 0.2) is 0 Å². The number of nitrogens with zero attached hydrogens (tertiary/aromatic N) is 3. The molecule has 0 bridgehead atoms. The smallest absolute Gasteiger partial charge is 0.263 e. The van der Waals surface area contributed by atoms with Crippen LogP contribution in [-0.2, 0) is 17.9 Å². The minimum Gasteiger partial charge on any atom is -0.495 e. The standard InChI is InChI=1S/C22H26N4O3S/c1-14-15(2)30-21-20(14)22(28)26(18(24-21)12-25-10-6-7-11-25)13-19(27)23-16-8-4-5-9-17(16)29-3/h4-5,8-9H,6-7,10-13H2,1-3H3,(H,23,27). The highest BCUT2D eigenvalue weighted by Crippen LogP contribution is 2.27. The van der Waals surface area contributed by atoms with E-state index < -0.39 is 0 Å². The molecule has 2 aromatic heterocycles. The van der Waals surface area contributed by atoms with Gasteiger partial charge in [-0.05, 0) is 57.5 Å². The van der Waals surface area contributed by atoms with Crippen LogP contribution in [0.4, 0.5) is 5.69 Å². The molecule has 1 aliphatic heterocycles. The Balaban J connectivity index is 1.70. The summed E-state index contributed by atoms with van der Waals surface area (Å²) >= 11 is 1.54. The largest absolute Gasteiger partial charge is 0.495 e. The zero-order valence-corrected chi connectivity index (χ0v) is 18.3. The lowest BCUT2D eigenvalue weighted by molar-refractivity contribution is -0.116. The Hall–Kier alpha value is -2.71. The predicted octanol–water partition coefficient (Wildman–Crippen LogP) is 3.32. The molecule has 1 saturated heterocycles. The quantitative estimate of drug-likeness (QED) is 0.654. The summed E-state index contributed by atoms with van der Waals surface area (Å²) in [6.07, 6.45) is 2.30. The normalized spacial score (nSPS) is 14.4. The Morgan fingerprint density at radius 1 is 1.23 bits per heavy atom. The van der Waals surface area contributed by atoms with Crippen molar-refractivity contribution in [1.82, 2.24) is 14.5 Å². The molecule has 4 rings (SSSR count).